The summed E-state index contributed by atoms with van der Waals surface area (Å²) in [5, 5.41) is 0. The van der Waals surface area contributed by atoms with Crippen LogP contribution in [0, 0.1) is 0 Å². The Labute approximate surface area is 419 Å². The van der Waals surface area contributed by atoms with Crippen LogP contribution in [0.15, 0.2) is 219 Å². The summed E-state index contributed by atoms with van der Waals surface area (Å²) >= 11 is 0. The molecule has 67 heavy (non-hydrogen) atoms. The SMILES string of the molecule is CC(C)(C)c1ccnc(-c2cccc(-c3ccccc3)c2)c1.CC(C)(C)c1ccnc(-c2cccc(-c3ccccc3)c2)c1.CC(C)(C)c1ccnc(-c2cccc(-c3ccccc3)c2)c1.[In+3]. The van der Waals surface area contributed by atoms with Crippen molar-refractivity contribution >= 4 is 25.8 Å². The fourth-order valence-electron chi connectivity index (χ4n) is 7.63. The Morgan fingerprint density at radius 3 is 0.701 bits per heavy atom. The van der Waals surface area contributed by atoms with E-state index in [-0.39, 0.29) is 42.1 Å². The molecule has 4 heteroatoms. The first-order valence-electron chi connectivity index (χ1n) is 23.0. The Morgan fingerprint density at radius 1 is 0.239 bits per heavy atom. The summed E-state index contributed by atoms with van der Waals surface area (Å²) in [5.74, 6) is 0. The van der Waals surface area contributed by atoms with Gasteiger partial charge < -0.3 is 0 Å². The zero-order chi connectivity index (χ0) is 46.7. The molecule has 0 aliphatic carbocycles. The Kier molecular flexibility index (Phi) is 16.8. The quantitative estimate of drug-likeness (QED) is 0.167. The molecular formula is C63H63InN3+3. The van der Waals surface area contributed by atoms with Crippen molar-refractivity contribution in [2.75, 3.05) is 0 Å². The molecule has 0 atom stereocenters. The first-order chi connectivity index (χ1) is 31.6. The fraction of sp³-hybridized carbons (Fsp3) is 0.190. The predicted octanol–water partition coefficient (Wildman–Crippen LogP) is 16.8. The first kappa shape index (κ1) is 50.1. The van der Waals surface area contributed by atoms with Crippen molar-refractivity contribution in [3.8, 4) is 67.2 Å². The number of benzene rings is 6. The van der Waals surface area contributed by atoms with Crippen molar-refractivity contribution in [3.05, 3.63) is 235 Å². The van der Waals surface area contributed by atoms with Gasteiger partial charge in [-0.15, -0.1) is 0 Å². The minimum Gasteiger partial charge on any atom is -0.256 e. The standard InChI is InChI=1S/3C21H21N.In/c3*1-21(2,3)19-12-13-22-20(15-19)18-11-7-10-17(14-18)16-8-5-4-6-9-16;/h3*4-15H,1-3H3;/q;;;+3. The van der Waals surface area contributed by atoms with E-state index in [4.69, 9.17) is 0 Å². The Morgan fingerprint density at radius 2 is 0.463 bits per heavy atom. The van der Waals surface area contributed by atoms with Crippen LogP contribution in [-0.4, -0.2) is 40.8 Å². The number of hydrogen-bond acceptors (Lipinski definition) is 3. The van der Waals surface area contributed by atoms with E-state index in [9.17, 15) is 0 Å². The van der Waals surface area contributed by atoms with Crippen LogP contribution in [0.25, 0.3) is 67.2 Å². The van der Waals surface area contributed by atoms with E-state index in [0.717, 1.165) is 33.8 Å². The van der Waals surface area contributed by atoms with E-state index in [1.165, 1.54) is 50.1 Å². The van der Waals surface area contributed by atoms with Crippen LogP contribution in [0.3, 0.4) is 0 Å². The molecule has 0 unspecified atom stereocenters. The molecule has 3 aromatic heterocycles. The number of rotatable bonds is 6. The van der Waals surface area contributed by atoms with E-state index in [2.05, 4.69) is 259 Å². The normalized spacial score (nSPS) is 11.2. The molecule has 6 aromatic carbocycles. The first-order valence-corrected chi connectivity index (χ1v) is 23.0. The molecule has 9 aromatic rings. The van der Waals surface area contributed by atoms with Gasteiger partial charge in [0, 0.05) is 35.3 Å². The van der Waals surface area contributed by atoms with Gasteiger partial charge >= 0.3 is 25.8 Å². The molecule has 330 valence electrons. The van der Waals surface area contributed by atoms with Gasteiger partial charge in [-0.2, -0.15) is 0 Å². The van der Waals surface area contributed by atoms with E-state index in [1.807, 2.05) is 36.8 Å². The fourth-order valence-corrected chi connectivity index (χ4v) is 7.63. The average molecular weight is 977 g/mol. The number of nitrogens with zero attached hydrogens (tertiary/aromatic N) is 3. The van der Waals surface area contributed by atoms with Gasteiger partial charge in [0.15, 0.2) is 0 Å². The minimum absolute atomic E-state index is 0. The van der Waals surface area contributed by atoms with Crippen LogP contribution in [-0.2, 0) is 16.2 Å². The second-order valence-electron chi connectivity index (χ2n) is 19.9. The van der Waals surface area contributed by atoms with Crippen molar-refractivity contribution < 1.29 is 0 Å². The molecule has 0 aliphatic rings. The maximum absolute atomic E-state index is 4.56. The maximum Gasteiger partial charge on any atom is 3.00 e. The molecule has 9 rings (SSSR count). The van der Waals surface area contributed by atoms with Gasteiger partial charge in [-0.25, -0.2) is 0 Å². The van der Waals surface area contributed by atoms with E-state index in [1.54, 1.807) is 0 Å². The predicted molar refractivity (Wildman–Crippen MR) is 287 cm³/mol. The molecule has 0 bridgehead atoms. The zero-order valence-electron chi connectivity index (χ0n) is 40.7. The molecule has 0 spiro atoms. The van der Waals surface area contributed by atoms with Crippen molar-refractivity contribution in [2.45, 2.75) is 78.6 Å². The third-order valence-corrected chi connectivity index (χ3v) is 11.7. The summed E-state index contributed by atoms with van der Waals surface area (Å²) in [6.07, 6.45) is 5.72. The minimum atomic E-state index is 0. The summed E-state index contributed by atoms with van der Waals surface area (Å²) in [7, 11) is 0. The van der Waals surface area contributed by atoms with Crippen molar-refractivity contribution in [3.63, 3.8) is 0 Å². The van der Waals surface area contributed by atoms with Crippen LogP contribution in [0.2, 0.25) is 0 Å². The molecule has 0 fully saturated rings. The van der Waals surface area contributed by atoms with Crippen molar-refractivity contribution in [1.29, 1.82) is 0 Å². The van der Waals surface area contributed by atoms with Gasteiger partial charge in [0.2, 0.25) is 0 Å². The average Bonchev–Trinajstić information content (AvgIpc) is 3.35. The second-order valence-corrected chi connectivity index (χ2v) is 19.9. The van der Waals surface area contributed by atoms with Crippen LogP contribution in [0.5, 0.6) is 0 Å². The van der Waals surface area contributed by atoms with Gasteiger partial charge in [-0.3, -0.25) is 15.0 Å². The smallest absolute Gasteiger partial charge is 0.256 e. The molecule has 0 aliphatic heterocycles. The van der Waals surface area contributed by atoms with Crippen molar-refractivity contribution in [1.82, 2.24) is 15.0 Å². The molecule has 3 nitrogen and oxygen atoms in total. The maximum atomic E-state index is 4.56. The van der Waals surface area contributed by atoms with Gasteiger partial charge in [-0.1, -0.05) is 208 Å². The molecule has 0 radical (unpaired) electrons. The Bertz CT molecular complexity index is 2630. The largest absolute Gasteiger partial charge is 3.00 e. The third-order valence-electron chi connectivity index (χ3n) is 11.7. The monoisotopic (exact) mass is 976 g/mol. The van der Waals surface area contributed by atoms with Gasteiger partial charge in [0.25, 0.3) is 0 Å². The Balaban J connectivity index is 0.000000165. The summed E-state index contributed by atoms with van der Waals surface area (Å²) < 4.78 is 0. The second kappa shape index (κ2) is 22.4. The summed E-state index contributed by atoms with van der Waals surface area (Å²) in [4.78, 5) is 13.7. The van der Waals surface area contributed by atoms with Crippen LogP contribution in [0.4, 0.5) is 0 Å². The molecule has 0 N–H and O–H groups in total. The number of aromatic nitrogens is 3. The zero-order valence-corrected chi connectivity index (χ0v) is 44.0. The van der Waals surface area contributed by atoms with Crippen LogP contribution >= 0.6 is 0 Å². The summed E-state index contributed by atoms with van der Waals surface area (Å²) in [6.45, 7) is 20.1. The van der Waals surface area contributed by atoms with Crippen LogP contribution in [0.1, 0.15) is 79.0 Å². The van der Waals surface area contributed by atoms with Gasteiger partial charge in [0.05, 0.1) is 17.1 Å². The molecule has 3 heterocycles. The number of hydrogen-bond donors (Lipinski definition) is 0. The van der Waals surface area contributed by atoms with E-state index >= 15 is 0 Å². The molecule has 0 saturated heterocycles. The summed E-state index contributed by atoms with van der Waals surface area (Å²) in [6, 6.07) is 70.0. The summed E-state index contributed by atoms with van der Waals surface area (Å²) in [5.41, 5.74) is 18.3. The van der Waals surface area contributed by atoms with Gasteiger partial charge in [0.1, 0.15) is 0 Å². The van der Waals surface area contributed by atoms with Crippen molar-refractivity contribution in [2.24, 2.45) is 0 Å². The molecule has 0 saturated carbocycles. The third kappa shape index (κ3) is 13.8. The van der Waals surface area contributed by atoms with E-state index in [0.29, 0.717) is 0 Å². The molecular weight excluding hydrogens is 914 g/mol. The van der Waals surface area contributed by atoms with E-state index < -0.39 is 0 Å². The number of pyridine rings is 3. The van der Waals surface area contributed by atoms with Crippen LogP contribution < -0.4 is 0 Å². The Hall–Kier alpha value is -6.36. The topological polar surface area (TPSA) is 38.7 Å². The van der Waals surface area contributed by atoms with Gasteiger partial charge in [-0.05, 0) is 121 Å². The molecule has 0 amide bonds.